The molecule has 3 rings (SSSR count). The summed E-state index contributed by atoms with van der Waals surface area (Å²) in [5.74, 6) is -1.46. The summed E-state index contributed by atoms with van der Waals surface area (Å²) in [5, 5.41) is 11.2. The molecule has 0 aliphatic heterocycles. The molecular formula is C18H17F2N5OS. The van der Waals surface area contributed by atoms with E-state index in [1.165, 1.54) is 11.8 Å². The molecule has 0 fully saturated rings. The number of amides is 1. The molecular weight excluding hydrogens is 372 g/mol. The van der Waals surface area contributed by atoms with Crippen molar-refractivity contribution >= 4 is 23.4 Å². The van der Waals surface area contributed by atoms with Gasteiger partial charge in [-0.3, -0.25) is 4.79 Å². The van der Waals surface area contributed by atoms with Crippen molar-refractivity contribution in [2.75, 3.05) is 11.1 Å². The van der Waals surface area contributed by atoms with Gasteiger partial charge in [-0.05, 0) is 26.0 Å². The molecule has 0 aliphatic carbocycles. The molecule has 9 heteroatoms. The zero-order valence-corrected chi connectivity index (χ0v) is 15.6. The van der Waals surface area contributed by atoms with Crippen molar-refractivity contribution < 1.29 is 13.6 Å². The van der Waals surface area contributed by atoms with E-state index in [-0.39, 0.29) is 23.2 Å². The van der Waals surface area contributed by atoms with Crippen molar-refractivity contribution in [1.82, 2.24) is 19.7 Å². The molecule has 6 nitrogen and oxygen atoms in total. The smallest absolute Gasteiger partial charge is 0.234 e. The number of hydrogen-bond donors (Lipinski definition) is 1. The maximum atomic E-state index is 14.0. The van der Waals surface area contributed by atoms with Crippen molar-refractivity contribution in [3.63, 3.8) is 0 Å². The zero-order chi connectivity index (χ0) is 19.4. The second-order valence-electron chi connectivity index (χ2n) is 5.74. The number of hydrogen-bond acceptors (Lipinski definition) is 5. The molecule has 1 amide bonds. The van der Waals surface area contributed by atoms with E-state index in [1.54, 1.807) is 4.57 Å². The predicted molar refractivity (Wildman–Crippen MR) is 99.4 cm³/mol. The number of nitrogens with zero attached hydrogens (tertiary/aromatic N) is 4. The van der Waals surface area contributed by atoms with Gasteiger partial charge in [-0.2, -0.15) is 0 Å². The molecule has 3 aromatic rings. The number of aromatic nitrogens is 4. The van der Waals surface area contributed by atoms with Crippen LogP contribution in [0.15, 0.2) is 41.7 Å². The van der Waals surface area contributed by atoms with Crippen LogP contribution in [0.3, 0.4) is 0 Å². The number of carbonyl (C=O) groups is 1. The highest BCUT2D eigenvalue weighted by Crippen LogP contribution is 2.25. The minimum Gasteiger partial charge on any atom is -0.325 e. The second kappa shape index (κ2) is 8.26. The average molecular weight is 389 g/mol. The SMILES string of the molecule is CCn1c(SCC(=O)Nc2ccc(C)cc2)nnc1-c1ncc(F)cc1F. The van der Waals surface area contributed by atoms with E-state index in [2.05, 4.69) is 20.5 Å². The minimum atomic E-state index is -0.814. The topological polar surface area (TPSA) is 72.7 Å². The minimum absolute atomic E-state index is 0.0818. The standard InChI is InChI=1S/C18H17F2N5OS/c1-3-25-17(16-14(20)8-12(19)9-21-16)23-24-18(25)27-10-15(26)22-13-6-4-11(2)5-7-13/h4-9H,3,10H2,1-2H3,(H,22,26). The van der Waals surface area contributed by atoms with Crippen LogP contribution >= 0.6 is 11.8 Å². The van der Waals surface area contributed by atoms with Crippen LogP contribution < -0.4 is 5.32 Å². The third-order valence-corrected chi connectivity index (χ3v) is 4.69. The molecule has 1 aromatic carbocycles. The summed E-state index contributed by atoms with van der Waals surface area (Å²) < 4.78 is 28.7. The highest BCUT2D eigenvalue weighted by Gasteiger charge is 2.19. The van der Waals surface area contributed by atoms with E-state index in [1.807, 2.05) is 38.1 Å². The van der Waals surface area contributed by atoms with Gasteiger partial charge in [-0.25, -0.2) is 13.8 Å². The van der Waals surface area contributed by atoms with Gasteiger partial charge in [-0.1, -0.05) is 29.5 Å². The molecule has 0 radical (unpaired) electrons. The second-order valence-corrected chi connectivity index (χ2v) is 6.68. The number of thioether (sulfide) groups is 1. The van der Waals surface area contributed by atoms with Crippen molar-refractivity contribution in [3.8, 4) is 11.5 Å². The molecule has 0 bridgehead atoms. The van der Waals surface area contributed by atoms with Crippen LogP contribution in [-0.2, 0) is 11.3 Å². The molecule has 0 spiro atoms. The lowest BCUT2D eigenvalue weighted by Crippen LogP contribution is -2.14. The van der Waals surface area contributed by atoms with Gasteiger partial charge >= 0.3 is 0 Å². The fraction of sp³-hybridized carbons (Fsp3) is 0.222. The molecule has 2 aromatic heterocycles. The largest absolute Gasteiger partial charge is 0.325 e. The Morgan fingerprint density at radius 3 is 2.63 bits per heavy atom. The molecule has 0 saturated carbocycles. The Labute approximate surface area is 159 Å². The number of nitrogens with one attached hydrogen (secondary N) is 1. The Hall–Kier alpha value is -2.81. The molecule has 0 unspecified atom stereocenters. The summed E-state index contributed by atoms with van der Waals surface area (Å²) in [7, 11) is 0. The van der Waals surface area contributed by atoms with Crippen LogP contribution in [0.5, 0.6) is 0 Å². The van der Waals surface area contributed by atoms with Crippen LogP contribution in [0, 0.1) is 18.6 Å². The number of rotatable bonds is 6. The Morgan fingerprint density at radius 1 is 1.22 bits per heavy atom. The summed E-state index contributed by atoms with van der Waals surface area (Å²) in [5.41, 5.74) is 1.73. The van der Waals surface area contributed by atoms with E-state index in [4.69, 9.17) is 0 Å². The lowest BCUT2D eigenvalue weighted by atomic mass is 10.2. The quantitative estimate of drug-likeness (QED) is 0.651. The molecule has 2 heterocycles. The number of aryl methyl sites for hydroxylation is 1. The average Bonchev–Trinajstić information content (AvgIpc) is 3.04. The van der Waals surface area contributed by atoms with Gasteiger partial charge in [0.1, 0.15) is 11.5 Å². The van der Waals surface area contributed by atoms with E-state index in [9.17, 15) is 13.6 Å². The normalized spacial score (nSPS) is 10.8. The van der Waals surface area contributed by atoms with E-state index >= 15 is 0 Å². The summed E-state index contributed by atoms with van der Waals surface area (Å²) in [6, 6.07) is 8.22. The first-order valence-corrected chi connectivity index (χ1v) is 9.20. The first kappa shape index (κ1) is 19.0. The number of carbonyl (C=O) groups excluding carboxylic acids is 1. The summed E-state index contributed by atoms with van der Waals surface area (Å²) in [6.45, 7) is 4.25. The fourth-order valence-corrected chi connectivity index (χ4v) is 3.20. The monoisotopic (exact) mass is 389 g/mol. The highest BCUT2D eigenvalue weighted by atomic mass is 32.2. The van der Waals surface area contributed by atoms with Crippen molar-refractivity contribution in [3.05, 3.63) is 53.7 Å². The third-order valence-electron chi connectivity index (χ3n) is 3.72. The Kier molecular flexibility index (Phi) is 5.80. The summed E-state index contributed by atoms with van der Waals surface area (Å²) >= 11 is 1.18. The molecule has 0 saturated heterocycles. The molecule has 140 valence electrons. The Bertz CT molecular complexity index is 959. The summed E-state index contributed by atoms with van der Waals surface area (Å²) in [6.07, 6.45) is 0.926. The fourth-order valence-electron chi connectivity index (χ4n) is 2.40. The van der Waals surface area contributed by atoms with E-state index < -0.39 is 11.6 Å². The van der Waals surface area contributed by atoms with Crippen LogP contribution in [0.1, 0.15) is 12.5 Å². The van der Waals surface area contributed by atoms with Crippen LogP contribution in [-0.4, -0.2) is 31.4 Å². The van der Waals surface area contributed by atoms with Crippen molar-refractivity contribution in [1.29, 1.82) is 0 Å². The van der Waals surface area contributed by atoms with Crippen LogP contribution in [0.4, 0.5) is 14.5 Å². The van der Waals surface area contributed by atoms with Gasteiger partial charge in [0, 0.05) is 18.3 Å². The maximum Gasteiger partial charge on any atom is 0.234 e. The first-order valence-electron chi connectivity index (χ1n) is 8.22. The van der Waals surface area contributed by atoms with Gasteiger partial charge in [0.25, 0.3) is 0 Å². The molecule has 0 atom stereocenters. The van der Waals surface area contributed by atoms with Gasteiger partial charge in [0.05, 0.1) is 11.9 Å². The first-order chi connectivity index (χ1) is 13.0. The summed E-state index contributed by atoms with van der Waals surface area (Å²) in [4.78, 5) is 15.9. The highest BCUT2D eigenvalue weighted by molar-refractivity contribution is 7.99. The van der Waals surface area contributed by atoms with Gasteiger partial charge in [0.2, 0.25) is 5.91 Å². The zero-order valence-electron chi connectivity index (χ0n) is 14.7. The molecule has 0 aliphatic rings. The Morgan fingerprint density at radius 2 is 1.96 bits per heavy atom. The number of anilines is 1. The Balaban J connectivity index is 1.71. The maximum absolute atomic E-state index is 14.0. The number of benzene rings is 1. The van der Waals surface area contributed by atoms with Crippen LogP contribution in [0.2, 0.25) is 0 Å². The van der Waals surface area contributed by atoms with Crippen molar-refractivity contribution in [2.45, 2.75) is 25.5 Å². The van der Waals surface area contributed by atoms with E-state index in [0.29, 0.717) is 17.4 Å². The van der Waals surface area contributed by atoms with Crippen molar-refractivity contribution in [2.24, 2.45) is 0 Å². The number of halogens is 2. The predicted octanol–water partition coefficient (Wildman–Crippen LogP) is 3.68. The molecule has 27 heavy (non-hydrogen) atoms. The lowest BCUT2D eigenvalue weighted by molar-refractivity contribution is -0.113. The van der Waals surface area contributed by atoms with Gasteiger partial charge in [0.15, 0.2) is 16.8 Å². The number of pyridine rings is 1. The van der Waals surface area contributed by atoms with Gasteiger partial charge in [-0.15, -0.1) is 10.2 Å². The third kappa shape index (κ3) is 4.48. The lowest BCUT2D eigenvalue weighted by Gasteiger charge is -2.08. The van der Waals surface area contributed by atoms with Crippen LogP contribution in [0.25, 0.3) is 11.5 Å². The van der Waals surface area contributed by atoms with Gasteiger partial charge < -0.3 is 9.88 Å². The molecule has 1 N–H and O–H groups in total. The van der Waals surface area contributed by atoms with E-state index in [0.717, 1.165) is 17.8 Å².